The third kappa shape index (κ3) is 4.04. The minimum atomic E-state index is -0.0787. The fourth-order valence-corrected chi connectivity index (χ4v) is 3.20. The van der Waals surface area contributed by atoms with E-state index < -0.39 is 0 Å². The molecule has 0 spiro atoms. The molecule has 1 saturated heterocycles. The predicted octanol–water partition coefficient (Wildman–Crippen LogP) is 1.87. The van der Waals surface area contributed by atoms with Crippen LogP contribution >= 0.6 is 0 Å². The molecule has 1 amide bonds. The number of nitrogens with zero attached hydrogens (tertiary/aromatic N) is 6. The van der Waals surface area contributed by atoms with E-state index in [4.69, 9.17) is 9.57 Å². The summed E-state index contributed by atoms with van der Waals surface area (Å²) in [5.74, 6) is 1.08. The maximum absolute atomic E-state index is 13.3. The highest BCUT2D eigenvalue weighted by molar-refractivity contribution is 5.98. The van der Waals surface area contributed by atoms with Crippen molar-refractivity contribution in [2.75, 3.05) is 38.4 Å². The highest BCUT2D eigenvalue weighted by Gasteiger charge is 2.24. The number of amides is 1. The van der Waals surface area contributed by atoms with Crippen LogP contribution in [-0.2, 0) is 4.84 Å². The first-order valence-corrected chi connectivity index (χ1v) is 9.34. The van der Waals surface area contributed by atoms with Crippen LogP contribution in [0.1, 0.15) is 15.9 Å². The number of aromatic nitrogens is 4. The quantitative estimate of drug-likeness (QED) is 0.668. The Morgan fingerprint density at radius 2 is 1.93 bits per heavy atom. The Morgan fingerprint density at radius 3 is 2.72 bits per heavy atom. The van der Waals surface area contributed by atoms with Crippen molar-refractivity contribution in [2.45, 2.75) is 6.92 Å². The molecule has 0 radical (unpaired) electrons. The highest BCUT2D eigenvalue weighted by atomic mass is 16.7. The van der Waals surface area contributed by atoms with Crippen LogP contribution < -0.4 is 9.80 Å². The van der Waals surface area contributed by atoms with Crippen LogP contribution in [0.2, 0.25) is 0 Å². The Morgan fingerprint density at radius 1 is 1.10 bits per heavy atom. The number of methoxy groups -OCH3 is 1. The second kappa shape index (κ2) is 8.27. The average Bonchev–Trinajstić information content (AvgIpc) is 3.17. The van der Waals surface area contributed by atoms with Gasteiger partial charge in [0.2, 0.25) is 5.88 Å². The molecular formula is C20H22N6O3. The van der Waals surface area contributed by atoms with Gasteiger partial charge in [-0.25, -0.2) is 5.06 Å². The number of pyridine rings is 1. The molecule has 0 unspecified atom stereocenters. The molecule has 0 bridgehead atoms. The van der Waals surface area contributed by atoms with Crippen LogP contribution in [0.4, 0.5) is 5.82 Å². The van der Waals surface area contributed by atoms with E-state index in [-0.39, 0.29) is 5.91 Å². The molecule has 0 N–H and O–H groups in total. The number of carbonyl (C=O) groups excluding carboxylic acids is 1. The molecule has 0 aliphatic carbocycles. The molecule has 0 atom stereocenters. The van der Waals surface area contributed by atoms with Crippen molar-refractivity contribution >= 4 is 11.7 Å². The third-order valence-electron chi connectivity index (χ3n) is 4.66. The lowest BCUT2D eigenvalue weighted by Gasteiger charge is -2.22. The summed E-state index contributed by atoms with van der Waals surface area (Å²) in [6.45, 7) is 3.79. The highest BCUT2D eigenvalue weighted by Crippen LogP contribution is 2.20. The molecule has 1 aromatic carbocycles. The van der Waals surface area contributed by atoms with Crippen LogP contribution in [0.3, 0.4) is 0 Å². The van der Waals surface area contributed by atoms with Crippen LogP contribution in [0.15, 0.2) is 48.8 Å². The molecular weight excluding hydrogens is 372 g/mol. The summed E-state index contributed by atoms with van der Waals surface area (Å²) in [6.07, 6.45) is 3.18. The Balaban J connectivity index is 1.54. The molecule has 3 heterocycles. The maximum Gasteiger partial charge on any atom is 0.256 e. The number of hydrogen-bond donors (Lipinski definition) is 0. The van der Waals surface area contributed by atoms with Crippen molar-refractivity contribution in [3.63, 3.8) is 0 Å². The number of hydroxylamine groups is 1. The van der Waals surface area contributed by atoms with Gasteiger partial charge >= 0.3 is 0 Å². The molecule has 3 aromatic rings. The van der Waals surface area contributed by atoms with Crippen LogP contribution in [0.25, 0.3) is 5.69 Å². The molecule has 1 aliphatic heterocycles. The topological polar surface area (TPSA) is 85.6 Å². The first kappa shape index (κ1) is 18.9. The monoisotopic (exact) mass is 394 g/mol. The second-order valence-electron chi connectivity index (χ2n) is 6.60. The summed E-state index contributed by atoms with van der Waals surface area (Å²) >= 11 is 0. The van der Waals surface area contributed by atoms with E-state index in [1.165, 1.54) is 4.80 Å². The van der Waals surface area contributed by atoms with E-state index in [0.29, 0.717) is 49.2 Å². The van der Waals surface area contributed by atoms with E-state index in [1.807, 2.05) is 37.3 Å². The molecule has 9 heteroatoms. The number of ether oxygens (including phenoxy) is 1. The van der Waals surface area contributed by atoms with Gasteiger partial charge in [0.05, 0.1) is 43.9 Å². The first-order chi connectivity index (χ1) is 14.2. The van der Waals surface area contributed by atoms with Gasteiger partial charge in [0.25, 0.3) is 5.91 Å². The zero-order valence-corrected chi connectivity index (χ0v) is 16.4. The fraction of sp³-hybridized carbons (Fsp3) is 0.300. The molecule has 1 fully saturated rings. The molecule has 9 nitrogen and oxygen atoms in total. The van der Waals surface area contributed by atoms with Gasteiger partial charge in [-0.15, -0.1) is 0 Å². The lowest BCUT2D eigenvalue weighted by molar-refractivity contribution is 0.0730. The van der Waals surface area contributed by atoms with Gasteiger partial charge in [-0.05, 0) is 25.1 Å². The van der Waals surface area contributed by atoms with E-state index >= 15 is 0 Å². The van der Waals surface area contributed by atoms with Crippen LogP contribution in [0, 0.1) is 6.92 Å². The summed E-state index contributed by atoms with van der Waals surface area (Å²) in [7, 11) is 1.57. The van der Waals surface area contributed by atoms with Crippen molar-refractivity contribution in [2.24, 2.45) is 0 Å². The van der Waals surface area contributed by atoms with E-state index in [0.717, 1.165) is 5.56 Å². The number of carbonyl (C=O) groups is 1. The summed E-state index contributed by atoms with van der Waals surface area (Å²) in [5.41, 5.74) is 2.22. The van der Waals surface area contributed by atoms with Crippen LogP contribution in [0.5, 0.6) is 5.88 Å². The second-order valence-corrected chi connectivity index (χ2v) is 6.60. The predicted molar refractivity (Wildman–Crippen MR) is 106 cm³/mol. The summed E-state index contributed by atoms with van der Waals surface area (Å²) < 4.78 is 5.18. The fourth-order valence-electron chi connectivity index (χ4n) is 3.20. The smallest absolute Gasteiger partial charge is 0.256 e. The van der Waals surface area contributed by atoms with Crippen molar-refractivity contribution in [1.82, 2.24) is 24.9 Å². The number of hydrogen-bond acceptors (Lipinski definition) is 7. The van der Waals surface area contributed by atoms with Crippen molar-refractivity contribution < 1.29 is 14.4 Å². The zero-order valence-electron chi connectivity index (χ0n) is 16.4. The lowest BCUT2D eigenvalue weighted by Crippen LogP contribution is -2.36. The lowest BCUT2D eigenvalue weighted by atomic mass is 10.1. The minimum absolute atomic E-state index is 0.0787. The van der Waals surface area contributed by atoms with Gasteiger partial charge in [0.1, 0.15) is 0 Å². The van der Waals surface area contributed by atoms with E-state index in [9.17, 15) is 4.79 Å². The summed E-state index contributed by atoms with van der Waals surface area (Å²) in [4.78, 5) is 26.8. The normalized spacial score (nSPS) is 14.6. The van der Waals surface area contributed by atoms with Gasteiger partial charge in [0.15, 0.2) is 5.82 Å². The van der Waals surface area contributed by atoms with E-state index in [2.05, 4.69) is 15.2 Å². The molecule has 0 saturated carbocycles. The van der Waals surface area contributed by atoms with E-state index in [1.54, 1.807) is 35.5 Å². The third-order valence-corrected chi connectivity index (χ3v) is 4.66. The Kier molecular flexibility index (Phi) is 5.39. The first-order valence-electron chi connectivity index (χ1n) is 9.34. The minimum Gasteiger partial charge on any atom is -0.481 e. The summed E-state index contributed by atoms with van der Waals surface area (Å²) in [5, 5.41) is 10.0. The number of aryl methyl sites for hydroxylation is 1. The van der Waals surface area contributed by atoms with Gasteiger partial charge in [-0.2, -0.15) is 20.0 Å². The zero-order chi connectivity index (χ0) is 20.2. The molecule has 29 heavy (non-hydrogen) atoms. The molecule has 1 aliphatic rings. The molecule has 150 valence electrons. The van der Waals surface area contributed by atoms with Crippen molar-refractivity contribution in [1.29, 1.82) is 0 Å². The Labute approximate surface area is 168 Å². The van der Waals surface area contributed by atoms with Crippen molar-refractivity contribution in [3.8, 4) is 11.6 Å². The van der Waals surface area contributed by atoms with Gasteiger partial charge in [-0.1, -0.05) is 17.7 Å². The molecule has 2 aromatic heterocycles. The van der Waals surface area contributed by atoms with Crippen molar-refractivity contribution in [3.05, 3.63) is 59.9 Å². The number of rotatable bonds is 4. The SMILES string of the molecule is COc1cccc(N2CCN(C(=O)c3cc(C)ccc3-n3nccn3)CCO2)n1. The standard InChI is InChI=1S/C20H22N6O3/c1-15-6-7-17(26-21-8-9-22-26)16(14-15)20(27)24-10-11-25(29-13-12-24)18-4-3-5-19(23-18)28-2/h3-9,14H,10-13H2,1-2H3. The van der Waals surface area contributed by atoms with Gasteiger partial charge in [0, 0.05) is 19.2 Å². The number of anilines is 1. The van der Waals surface area contributed by atoms with Gasteiger partial charge in [-0.3, -0.25) is 9.63 Å². The van der Waals surface area contributed by atoms with Gasteiger partial charge < -0.3 is 9.64 Å². The summed E-state index contributed by atoms with van der Waals surface area (Å²) in [6, 6.07) is 11.2. The Bertz CT molecular complexity index is 992. The maximum atomic E-state index is 13.3. The Hall–Kier alpha value is -3.46. The molecule has 4 rings (SSSR count). The number of benzene rings is 1. The largest absolute Gasteiger partial charge is 0.481 e. The average molecular weight is 394 g/mol. The van der Waals surface area contributed by atoms with Crippen LogP contribution in [-0.4, -0.2) is 64.1 Å².